The number of hydrogen-bond donors (Lipinski definition) is 1. The van der Waals surface area contributed by atoms with E-state index in [1.54, 1.807) is 0 Å². The number of Topliss-reactive ketones (excluding diaryl/α,β-unsaturated/α-hetero) is 1. The topological polar surface area (TPSA) is 112 Å². The normalized spacial score (nSPS) is 23.1. The zero-order chi connectivity index (χ0) is 27.0. The van der Waals surface area contributed by atoms with Gasteiger partial charge in [0.1, 0.15) is 0 Å². The number of carbonyl (C=O) groups is 4. The molecule has 11 nitrogen and oxygen atoms in total. The van der Waals surface area contributed by atoms with Crippen molar-refractivity contribution >= 4 is 41.8 Å². The Kier molecular flexibility index (Phi) is 15.4. The Bertz CT molecular complexity index is 706. The standard InChI is InChI=1S/C25H47N5O6.Ga/c1-4-27-10-12-29(19-23(32)33)16-14-28(15-17-30(13-11-27)20-24(34)35)18-22(31)8-6-5-7-9-26-25(36)21(2)3;/h21H,4-20H2,1-3H3,(H,26,36)(H,32,33)(H,34,35);/q;+2/p-2/i;1-2. The fourth-order valence-corrected chi connectivity index (χ4v) is 5.17. The van der Waals surface area contributed by atoms with Crippen molar-refractivity contribution in [2.45, 2.75) is 46.5 Å². The van der Waals surface area contributed by atoms with E-state index >= 15 is 0 Å². The van der Waals surface area contributed by atoms with E-state index in [9.17, 15) is 19.2 Å². The third-order valence-electron chi connectivity index (χ3n) is 6.80. The van der Waals surface area contributed by atoms with E-state index in [4.69, 9.17) is 7.06 Å². The first kappa shape index (κ1) is 31.8. The first-order valence-corrected chi connectivity index (χ1v) is 15.6. The summed E-state index contributed by atoms with van der Waals surface area (Å²) in [5.74, 6) is -0.463. The van der Waals surface area contributed by atoms with Gasteiger partial charge in [-0.1, -0.05) is 13.8 Å². The van der Waals surface area contributed by atoms with Gasteiger partial charge < -0.3 is 5.32 Å². The molecule has 2 unspecified atom stereocenters. The zero-order valence-electron chi connectivity index (χ0n) is 22.9. The number of fused-ring (bicyclic) bond motifs is 14. The quantitative estimate of drug-likeness (QED) is 0.275. The Morgan fingerprint density at radius 1 is 0.838 bits per heavy atom. The number of carbonyl (C=O) groups excluding carboxylic acids is 4. The molecule has 3 saturated heterocycles. The zero-order valence-corrected chi connectivity index (χ0v) is 25.3. The van der Waals surface area contributed by atoms with E-state index in [0.29, 0.717) is 45.7 Å². The molecule has 0 aliphatic carbocycles. The van der Waals surface area contributed by atoms with Crippen molar-refractivity contribution in [1.82, 2.24) is 24.9 Å². The maximum absolute atomic E-state index is 12.8. The maximum atomic E-state index is 12.8. The number of hydrogen-bond acceptors (Lipinski definition) is 10. The predicted octanol–water partition coefficient (Wildman–Crippen LogP) is -0.236. The second-order valence-electron chi connectivity index (χ2n) is 10.1. The fraction of sp³-hybridized carbons (Fsp3) is 0.840. The van der Waals surface area contributed by atoms with Crippen LogP contribution in [-0.2, 0) is 26.2 Å². The summed E-state index contributed by atoms with van der Waals surface area (Å²) in [4.78, 5) is 57.8. The number of unbranched alkanes of at least 4 members (excludes halogenated alkanes) is 2. The molecular weight excluding hydrogens is 534 g/mol. The molecule has 209 valence electrons. The van der Waals surface area contributed by atoms with Crippen molar-refractivity contribution < 1.29 is 26.2 Å². The van der Waals surface area contributed by atoms with Gasteiger partial charge in [-0.15, -0.1) is 0 Å². The first-order valence-electron chi connectivity index (χ1n) is 13.7. The Morgan fingerprint density at radius 2 is 1.38 bits per heavy atom. The van der Waals surface area contributed by atoms with Gasteiger partial charge in [-0.2, -0.15) is 0 Å². The molecule has 3 aliphatic rings. The molecule has 3 rings (SSSR count). The summed E-state index contributed by atoms with van der Waals surface area (Å²) in [6.07, 6.45) is 3.08. The minimum absolute atomic E-state index is 0.0137. The molecule has 1 radical (unpaired) electrons. The Labute approximate surface area is 230 Å². The van der Waals surface area contributed by atoms with E-state index in [-0.39, 0.29) is 42.6 Å². The summed E-state index contributed by atoms with van der Waals surface area (Å²) in [5.41, 5.74) is 0. The van der Waals surface area contributed by atoms with Crippen LogP contribution in [0.25, 0.3) is 0 Å². The summed E-state index contributed by atoms with van der Waals surface area (Å²) in [6, 6.07) is 0. The van der Waals surface area contributed by atoms with Gasteiger partial charge >= 0.3 is 182 Å². The molecule has 1 amide bonds. The number of nitrogens with zero attached hydrogens (tertiary/aromatic N) is 4. The van der Waals surface area contributed by atoms with E-state index in [0.717, 1.165) is 52.0 Å². The van der Waals surface area contributed by atoms with Crippen LogP contribution in [0.5, 0.6) is 0 Å². The van der Waals surface area contributed by atoms with Crippen molar-refractivity contribution in [3.63, 3.8) is 0 Å². The average Bonchev–Trinajstić information content (AvgIpc) is 2.85. The van der Waals surface area contributed by atoms with Crippen LogP contribution in [0.2, 0.25) is 0 Å². The van der Waals surface area contributed by atoms with Crippen molar-refractivity contribution in [2.75, 3.05) is 85.1 Å². The summed E-state index contributed by atoms with van der Waals surface area (Å²) < 4.78 is 10.5. The molecule has 2 atom stereocenters. The minimum atomic E-state index is -1.84. The van der Waals surface area contributed by atoms with Crippen LogP contribution in [0.15, 0.2) is 0 Å². The third kappa shape index (κ3) is 13.8. The van der Waals surface area contributed by atoms with Gasteiger partial charge in [-0.3, -0.25) is 4.79 Å². The van der Waals surface area contributed by atoms with Gasteiger partial charge in [-0.25, -0.2) is 0 Å². The number of amides is 1. The van der Waals surface area contributed by atoms with Crippen molar-refractivity contribution in [3.05, 3.63) is 0 Å². The van der Waals surface area contributed by atoms with Crippen LogP contribution in [0, 0.1) is 5.92 Å². The van der Waals surface area contributed by atoms with Gasteiger partial charge in [0, 0.05) is 12.5 Å². The van der Waals surface area contributed by atoms with E-state index in [1.165, 1.54) is 0 Å². The summed E-state index contributed by atoms with van der Waals surface area (Å²) >= 11 is -1.84. The molecule has 0 aromatic heterocycles. The SMILES string of the molecule is CCN1CCN2CCN(CC(=O)CCCCCNC(=O)C(C)C)CCN(CC1)CC(=O)[O][68Ga][O]C(=O)C2. The monoisotopic (exact) mass is 579 g/mol. The molecule has 12 heteroatoms. The predicted molar refractivity (Wildman–Crippen MR) is 141 cm³/mol. The van der Waals surface area contributed by atoms with Crippen LogP contribution in [-0.4, -0.2) is 146 Å². The van der Waals surface area contributed by atoms with Gasteiger partial charge in [-0.05, 0) is 6.42 Å². The van der Waals surface area contributed by atoms with E-state index < -0.39 is 18.1 Å². The molecular formula is C25H45GaN5O6. The number of nitrogens with one attached hydrogen (secondary N) is 1. The molecule has 1 N–H and O–H groups in total. The first-order chi connectivity index (χ1) is 17.8. The Balaban J connectivity index is 1.94. The third-order valence-corrected chi connectivity index (χ3v) is 8.30. The molecule has 3 aliphatic heterocycles. The second kappa shape index (κ2) is 18.0. The van der Waals surface area contributed by atoms with Crippen LogP contribution in [0.1, 0.15) is 46.5 Å². The van der Waals surface area contributed by atoms with Crippen LogP contribution in [0.3, 0.4) is 0 Å². The number of ketones is 1. The average molecular weight is 580 g/mol. The van der Waals surface area contributed by atoms with Gasteiger partial charge in [0.15, 0.2) is 0 Å². The molecule has 3 heterocycles. The molecule has 0 aromatic rings. The Morgan fingerprint density at radius 3 is 1.89 bits per heavy atom. The summed E-state index contributed by atoms with van der Waals surface area (Å²) in [6.45, 7) is 13.9. The molecule has 3 fully saturated rings. The number of likely N-dealkylation sites (N-methyl/N-ethyl adjacent to an activating group) is 1. The summed E-state index contributed by atoms with van der Waals surface area (Å²) in [7, 11) is 0. The van der Waals surface area contributed by atoms with Crippen molar-refractivity contribution in [3.8, 4) is 0 Å². The van der Waals surface area contributed by atoms with Gasteiger partial charge in [0.05, 0.1) is 0 Å². The number of rotatable bonds is 10. The molecule has 37 heavy (non-hydrogen) atoms. The van der Waals surface area contributed by atoms with E-state index in [2.05, 4.69) is 31.8 Å². The van der Waals surface area contributed by atoms with Crippen LogP contribution in [0.4, 0.5) is 0 Å². The molecule has 0 aromatic carbocycles. The summed E-state index contributed by atoms with van der Waals surface area (Å²) in [5, 5.41) is 2.91. The molecule has 2 bridgehead atoms. The van der Waals surface area contributed by atoms with Crippen LogP contribution >= 0.6 is 0 Å². The molecule has 0 saturated carbocycles. The van der Waals surface area contributed by atoms with Gasteiger partial charge in [0.2, 0.25) is 5.91 Å². The van der Waals surface area contributed by atoms with Crippen molar-refractivity contribution in [1.29, 1.82) is 0 Å². The Hall–Kier alpha value is -1.44. The van der Waals surface area contributed by atoms with Crippen molar-refractivity contribution in [2.24, 2.45) is 5.92 Å². The fourth-order valence-electron chi connectivity index (χ4n) is 4.31. The van der Waals surface area contributed by atoms with Gasteiger partial charge in [0.25, 0.3) is 0 Å². The second-order valence-corrected chi connectivity index (χ2v) is 11.5. The van der Waals surface area contributed by atoms with E-state index in [1.807, 2.05) is 13.8 Å². The molecule has 0 spiro atoms. The van der Waals surface area contributed by atoms with Crippen LogP contribution < -0.4 is 5.32 Å².